The summed E-state index contributed by atoms with van der Waals surface area (Å²) in [5.41, 5.74) is -2.64. The number of alkyl halides is 6. The lowest BCUT2D eigenvalue weighted by atomic mass is 9.80. The molecule has 2 aliphatic heterocycles. The minimum absolute atomic E-state index is 0.00676. The second-order valence-corrected chi connectivity index (χ2v) is 9.59. The van der Waals surface area contributed by atoms with E-state index in [2.05, 4.69) is 0 Å². The molecule has 0 aromatic heterocycles. The predicted octanol–water partition coefficient (Wildman–Crippen LogP) is 6.30. The lowest BCUT2D eigenvalue weighted by Gasteiger charge is -2.36. The van der Waals surface area contributed by atoms with Crippen LogP contribution in [-0.4, -0.2) is 35.3 Å². The summed E-state index contributed by atoms with van der Waals surface area (Å²) >= 11 is 0. The normalized spacial score (nSPS) is 25.2. The van der Waals surface area contributed by atoms with E-state index in [4.69, 9.17) is 4.74 Å². The van der Waals surface area contributed by atoms with E-state index >= 15 is 0 Å². The van der Waals surface area contributed by atoms with E-state index in [1.807, 2.05) is 0 Å². The quantitative estimate of drug-likeness (QED) is 0.426. The highest BCUT2D eigenvalue weighted by Crippen LogP contribution is 2.45. The molecule has 5 atom stereocenters. The summed E-state index contributed by atoms with van der Waals surface area (Å²) in [6, 6.07) is 6.22. The van der Waals surface area contributed by atoms with Crippen molar-refractivity contribution in [3.63, 3.8) is 0 Å². The molecule has 4 nitrogen and oxygen atoms in total. The molecule has 11 heteroatoms. The van der Waals surface area contributed by atoms with Gasteiger partial charge in [0.1, 0.15) is 11.6 Å². The van der Waals surface area contributed by atoms with Crippen molar-refractivity contribution in [3.8, 4) is 0 Å². The van der Waals surface area contributed by atoms with Gasteiger partial charge in [0.05, 0.1) is 23.3 Å². The van der Waals surface area contributed by atoms with E-state index in [-0.39, 0.29) is 36.3 Å². The average Bonchev–Trinajstić information content (AvgIpc) is 3.16. The van der Waals surface area contributed by atoms with Gasteiger partial charge in [-0.2, -0.15) is 26.3 Å². The molecule has 0 radical (unpaired) electrons. The molecule has 4 rings (SSSR count). The largest absolute Gasteiger partial charge is 0.416 e. The van der Waals surface area contributed by atoms with E-state index < -0.39 is 59.4 Å². The van der Waals surface area contributed by atoms with Crippen LogP contribution in [0.2, 0.25) is 0 Å². The van der Waals surface area contributed by atoms with Crippen LogP contribution in [-0.2, 0) is 26.7 Å². The topological polar surface area (TPSA) is 46.6 Å². The predicted molar refractivity (Wildman–Crippen MR) is 118 cm³/mol. The minimum atomic E-state index is -5.01. The molecule has 2 fully saturated rings. The van der Waals surface area contributed by atoms with Crippen molar-refractivity contribution in [3.05, 3.63) is 70.5 Å². The van der Waals surface area contributed by atoms with Crippen LogP contribution in [0.25, 0.3) is 0 Å². The monoisotopic (exact) mass is 531 g/mol. The molecule has 2 aromatic carbocycles. The molecular formula is C26H24F7NO3. The summed E-state index contributed by atoms with van der Waals surface area (Å²) in [4.78, 5) is 26.4. The number of piperidine rings is 1. The molecule has 2 saturated heterocycles. The number of ketones is 1. The Morgan fingerprint density at radius 3 is 2.08 bits per heavy atom. The van der Waals surface area contributed by atoms with E-state index in [0.29, 0.717) is 24.1 Å². The first-order chi connectivity index (χ1) is 17.1. The highest BCUT2D eigenvalue weighted by molar-refractivity contribution is 5.87. The van der Waals surface area contributed by atoms with Crippen molar-refractivity contribution in [1.29, 1.82) is 0 Å². The second-order valence-electron chi connectivity index (χ2n) is 9.59. The highest BCUT2D eigenvalue weighted by atomic mass is 19.4. The van der Waals surface area contributed by atoms with Gasteiger partial charge in [-0.3, -0.25) is 9.59 Å². The number of ether oxygens (including phenoxy) is 1. The molecular weight excluding hydrogens is 507 g/mol. The first-order valence-corrected chi connectivity index (χ1v) is 11.7. The highest BCUT2D eigenvalue weighted by Gasteiger charge is 2.50. The van der Waals surface area contributed by atoms with Crippen molar-refractivity contribution < 1.29 is 45.1 Å². The summed E-state index contributed by atoms with van der Waals surface area (Å²) in [5, 5.41) is 0. The first kappa shape index (κ1) is 27.1. The molecule has 0 saturated carbocycles. The van der Waals surface area contributed by atoms with Gasteiger partial charge in [-0.1, -0.05) is 12.1 Å². The van der Waals surface area contributed by atoms with Crippen LogP contribution in [0.4, 0.5) is 30.7 Å². The number of hydrogen-bond donors (Lipinski definition) is 0. The summed E-state index contributed by atoms with van der Waals surface area (Å²) in [6.07, 6.45) is -11.7. The van der Waals surface area contributed by atoms with E-state index in [1.165, 1.54) is 43.0 Å². The maximum atomic E-state index is 13.6. The van der Waals surface area contributed by atoms with Gasteiger partial charge in [-0.15, -0.1) is 0 Å². The van der Waals surface area contributed by atoms with Gasteiger partial charge in [-0.05, 0) is 61.7 Å². The zero-order valence-electron chi connectivity index (χ0n) is 19.9. The molecule has 0 N–H and O–H groups in total. The Morgan fingerprint density at radius 2 is 1.57 bits per heavy atom. The van der Waals surface area contributed by atoms with E-state index in [1.54, 1.807) is 0 Å². The summed E-state index contributed by atoms with van der Waals surface area (Å²) < 4.78 is 99.8. The van der Waals surface area contributed by atoms with Crippen molar-refractivity contribution in [1.82, 2.24) is 4.90 Å². The third-order valence-electron chi connectivity index (χ3n) is 7.15. The van der Waals surface area contributed by atoms with Crippen molar-refractivity contribution in [2.75, 3.05) is 6.54 Å². The zero-order chi connectivity index (χ0) is 27.3. The minimum Gasteiger partial charge on any atom is -0.368 e. The van der Waals surface area contributed by atoms with Gasteiger partial charge in [0.25, 0.3) is 0 Å². The van der Waals surface area contributed by atoms with Gasteiger partial charge in [0.2, 0.25) is 5.91 Å². The fraction of sp³-hybridized carbons (Fsp3) is 0.462. The third-order valence-corrected chi connectivity index (χ3v) is 7.15. The van der Waals surface area contributed by atoms with Crippen LogP contribution in [0.1, 0.15) is 61.0 Å². The Kier molecular flexibility index (Phi) is 7.13. The van der Waals surface area contributed by atoms with Crippen LogP contribution >= 0.6 is 0 Å². The van der Waals surface area contributed by atoms with Crippen molar-refractivity contribution in [2.24, 2.45) is 5.92 Å². The second kappa shape index (κ2) is 9.74. The number of carbonyl (C=O) groups excluding carboxylic acids is 2. The Hall–Kier alpha value is -2.95. The molecule has 1 amide bonds. The fourth-order valence-electron chi connectivity index (χ4n) is 5.26. The maximum Gasteiger partial charge on any atom is 0.416 e. The Bertz CT molecular complexity index is 1140. The molecule has 2 unspecified atom stereocenters. The van der Waals surface area contributed by atoms with Crippen LogP contribution in [0, 0.1) is 11.7 Å². The number of rotatable bonds is 5. The molecule has 2 aliphatic rings. The van der Waals surface area contributed by atoms with Gasteiger partial charge in [0.15, 0.2) is 0 Å². The molecule has 0 bridgehead atoms. The lowest BCUT2D eigenvalue weighted by Crippen LogP contribution is -2.45. The van der Waals surface area contributed by atoms with Gasteiger partial charge in [-0.25, -0.2) is 4.39 Å². The number of halogens is 7. The molecule has 2 aromatic rings. The number of Topliss-reactive ketones (excluding diaryl/α,β-unsaturated/α-hetero) is 1. The number of fused-ring (bicyclic) bond motifs is 1. The number of carbonyl (C=O) groups is 2. The molecule has 0 aliphatic carbocycles. The molecule has 0 spiro atoms. The first-order valence-electron chi connectivity index (χ1n) is 11.7. The summed E-state index contributed by atoms with van der Waals surface area (Å²) in [7, 11) is 0. The van der Waals surface area contributed by atoms with E-state index in [9.17, 15) is 40.3 Å². The summed E-state index contributed by atoms with van der Waals surface area (Å²) in [6.45, 7) is 2.76. The van der Waals surface area contributed by atoms with Crippen LogP contribution in [0.5, 0.6) is 0 Å². The van der Waals surface area contributed by atoms with Crippen molar-refractivity contribution in [2.45, 2.75) is 63.2 Å². The molecule has 200 valence electrons. The Labute approximate surface area is 208 Å². The number of nitrogens with zero attached hydrogens (tertiary/aromatic N) is 1. The average molecular weight is 531 g/mol. The lowest BCUT2D eigenvalue weighted by molar-refractivity contribution is -0.143. The van der Waals surface area contributed by atoms with Crippen molar-refractivity contribution >= 4 is 11.7 Å². The standard InChI is InChI=1S/C26H24F7NO3/c1-13(35)16-9-21-24(15-3-5-20(27)6-4-15)22(12-34(21)23(36)10-16)37-14(2)17-7-18(25(28,29)30)11-19(8-17)26(31,32)33/h3-8,11,14,16,21-22,24H,9-10,12H2,1-2H3/t14-,16?,21?,22+,24+/m1/s1. The van der Waals surface area contributed by atoms with Gasteiger partial charge in [0, 0.05) is 30.8 Å². The summed E-state index contributed by atoms with van der Waals surface area (Å²) in [5.74, 6) is -2.05. The number of amides is 1. The van der Waals surface area contributed by atoms with Gasteiger partial charge >= 0.3 is 12.4 Å². The number of benzene rings is 2. The van der Waals surface area contributed by atoms with E-state index in [0.717, 1.165) is 0 Å². The SMILES string of the molecule is CC(=O)C1CC(=O)N2C[C@H](O[C@H](C)c3cc(C(F)(F)F)cc(C(F)(F)F)c3)[C@@H](c3ccc(F)cc3)C2C1. The van der Waals surface area contributed by atoms with Crippen LogP contribution in [0.15, 0.2) is 42.5 Å². The Morgan fingerprint density at radius 1 is 1.00 bits per heavy atom. The van der Waals surface area contributed by atoms with Gasteiger partial charge < -0.3 is 9.64 Å². The molecule has 37 heavy (non-hydrogen) atoms. The van der Waals surface area contributed by atoms with Crippen LogP contribution < -0.4 is 0 Å². The smallest absolute Gasteiger partial charge is 0.368 e. The van der Waals surface area contributed by atoms with Crippen LogP contribution in [0.3, 0.4) is 0 Å². The third kappa shape index (κ3) is 5.66. The maximum absolute atomic E-state index is 13.6. The Balaban J connectivity index is 1.70. The number of hydrogen-bond acceptors (Lipinski definition) is 3. The zero-order valence-corrected chi connectivity index (χ0v) is 19.9. The molecule has 2 heterocycles. The fourth-order valence-corrected chi connectivity index (χ4v) is 5.26.